The third-order valence-electron chi connectivity index (χ3n) is 4.58. The number of aliphatic imine (C=N–C) groups is 1. The van der Waals surface area contributed by atoms with Crippen molar-refractivity contribution in [3.63, 3.8) is 0 Å². The fourth-order valence-corrected chi connectivity index (χ4v) is 3.60. The molecule has 0 radical (unpaired) electrons. The van der Waals surface area contributed by atoms with E-state index >= 15 is 0 Å². The Hall–Kier alpha value is -2.92. The zero-order valence-corrected chi connectivity index (χ0v) is 16.6. The zero-order chi connectivity index (χ0) is 19.0. The molecule has 0 aliphatic rings. The molecule has 0 saturated carbocycles. The zero-order valence-electron chi connectivity index (χ0n) is 15.0. The minimum absolute atomic E-state index is 0.208. The summed E-state index contributed by atoms with van der Waals surface area (Å²) in [7, 11) is 0. The Kier molecular flexibility index (Phi) is 4.54. The molecular weight excluding hydrogens is 402 g/mol. The maximum absolute atomic E-state index is 10.4. The van der Waals surface area contributed by atoms with Crippen LogP contribution >= 0.6 is 15.9 Å². The minimum atomic E-state index is 0.208. The molecule has 0 aliphatic heterocycles. The average molecular weight is 420 g/mol. The fourth-order valence-electron chi connectivity index (χ4n) is 3.22. The van der Waals surface area contributed by atoms with Crippen LogP contribution in [-0.4, -0.2) is 21.1 Å². The Balaban J connectivity index is 1.80. The van der Waals surface area contributed by atoms with Crippen LogP contribution in [-0.2, 0) is 0 Å². The van der Waals surface area contributed by atoms with Gasteiger partial charge in [-0.2, -0.15) is 5.10 Å². The molecule has 0 amide bonds. The highest BCUT2D eigenvalue weighted by Gasteiger charge is 2.12. The molecule has 1 heterocycles. The number of aromatic nitrogens is 2. The Morgan fingerprint density at radius 3 is 2.59 bits per heavy atom. The Labute approximate surface area is 165 Å². The van der Waals surface area contributed by atoms with Gasteiger partial charge in [0.05, 0.1) is 17.1 Å². The molecule has 0 aliphatic carbocycles. The van der Waals surface area contributed by atoms with Crippen LogP contribution in [0, 0.1) is 13.8 Å². The number of fused-ring (bicyclic) bond motifs is 1. The third-order valence-corrected chi connectivity index (χ3v) is 5.07. The van der Waals surface area contributed by atoms with Gasteiger partial charge in [0, 0.05) is 16.3 Å². The molecular formula is C22H18BrN3O. The molecule has 4 aromatic rings. The summed E-state index contributed by atoms with van der Waals surface area (Å²) in [4.78, 5) is 4.68. The number of phenols is 1. The van der Waals surface area contributed by atoms with E-state index < -0.39 is 0 Å². The number of hydrogen-bond acceptors (Lipinski definition) is 3. The quantitative estimate of drug-likeness (QED) is 0.422. The Morgan fingerprint density at radius 1 is 1.04 bits per heavy atom. The van der Waals surface area contributed by atoms with Crippen LogP contribution < -0.4 is 0 Å². The van der Waals surface area contributed by atoms with Gasteiger partial charge in [0.2, 0.25) is 0 Å². The van der Waals surface area contributed by atoms with Crippen molar-refractivity contribution in [2.24, 2.45) is 4.99 Å². The molecule has 0 fully saturated rings. The van der Waals surface area contributed by atoms with Crippen LogP contribution in [0.5, 0.6) is 5.75 Å². The first-order chi connectivity index (χ1) is 13.0. The van der Waals surface area contributed by atoms with Crippen molar-refractivity contribution in [3.05, 3.63) is 82.1 Å². The molecule has 4 nitrogen and oxygen atoms in total. The highest BCUT2D eigenvalue weighted by molar-refractivity contribution is 9.10. The summed E-state index contributed by atoms with van der Waals surface area (Å²) in [5.74, 6) is 0.208. The number of hydrogen-bond donors (Lipinski definition) is 1. The van der Waals surface area contributed by atoms with E-state index in [0.29, 0.717) is 5.56 Å². The first-order valence-electron chi connectivity index (χ1n) is 8.61. The third kappa shape index (κ3) is 3.26. The minimum Gasteiger partial charge on any atom is -0.507 e. The molecule has 0 atom stereocenters. The van der Waals surface area contributed by atoms with Crippen LogP contribution in [0.25, 0.3) is 16.5 Å². The van der Waals surface area contributed by atoms with Gasteiger partial charge in [-0.25, -0.2) is 4.68 Å². The van der Waals surface area contributed by atoms with Crippen LogP contribution in [0.1, 0.15) is 17.0 Å². The smallest absolute Gasteiger partial charge is 0.124 e. The summed E-state index contributed by atoms with van der Waals surface area (Å²) in [6.07, 6.45) is 1.72. The van der Waals surface area contributed by atoms with Gasteiger partial charge in [-0.1, -0.05) is 46.3 Å². The van der Waals surface area contributed by atoms with Gasteiger partial charge in [0.1, 0.15) is 11.4 Å². The molecule has 0 spiro atoms. The van der Waals surface area contributed by atoms with E-state index in [1.807, 2.05) is 73.1 Å². The van der Waals surface area contributed by atoms with Crippen LogP contribution in [0.4, 0.5) is 5.69 Å². The summed E-state index contributed by atoms with van der Waals surface area (Å²) >= 11 is 3.49. The van der Waals surface area contributed by atoms with Gasteiger partial charge in [-0.05, 0) is 55.0 Å². The summed E-state index contributed by atoms with van der Waals surface area (Å²) in [6.45, 7) is 3.94. The highest BCUT2D eigenvalue weighted by atomic mass is 79.9. The number of rotatable bonds is 3. The van der Waals surface area contributed by atoms with E-state index in [0.717, 1.165) is 38.0 Å². The van der Waals surface area contributed by atoms with Crippen molar-refractivity contribution < 1.29 is 5.11 Å². The molecule has 134 valence electrons. The van der Waals surface area contributed by atoms with E-state index in [9.17, 15) is 5.11 Å². The van der Waals surface area contributed by atoms with Gasteiger partial charge in [-0.3, -0.25) is 4.99 Å². The molecule has 0 bridgehead atoms. The maximum atomic E-state index is 10.4. The summed E-state index contributed by atoms with van der Waals surface area (Å²) in [5, 5.41) is 17.0. The fraction of sp³-hybridized carbons (Fsp3) is 0.0909. The first-order valence-corrected chi connectivity index (χ1v) is 9.41. The Bertz CT molecular complexity index is 1160. The molecule has 4 rings (SSSR count). The average Bonchev–Trinajstić information content (AvgIpc) is 2.96. The number of halogens is 1. The highest BCUT2D eigenvalue weighted by Crippen LogP contribution is 2.30. The number of aromatic hydroxyl groups is 1. The van der Waals surface area contributed by atoms with Crippen LogP contribution in [0.3, 0.4) is 0 Å². The van der Waals surface area contributed by atoms with E-state index in [-0.39, 0.29) is 5.75 Å². The Morgan fingerprint density at radius 2 is 1.81 bits per heavy atom. The van der Waals surface area contributed by atoms with Crippen molar-refractivity contribution >= 4 is 38.6 Å². The van der Waals surface area contributed by atoms with Gasteiger partial charge in [0.25, 0.3) is 0 Å². The first kappa shape index (κ1) is 17.5. The molecule has 0 saturated heterocycles. The summed E-state index contributed by atoms with van der Waals surface area (Å²) in [5.41, 5.74) is 4.31. The lowest BCUT2D eigenvalue weighted by molar-refractivity contribution is 0.475. The van der Waals surface area contributed by atoms with Gasteiger partial charge >= 0.3 is 0 Å². The van der Waals surface area contributed by atoms with Gasteiger partial charge in [0.15, 0.2) is 0 Å². The second-order valence-electron chi connectivity index (χ2n) is 6.39. The van der Waals surface area contributed by atoms with E-state index in [1.54, 1.807) is 12.3 Å². The maximum Gasteiger partial charge on any atom is 0.124 e. The van der Waals surface area contributed by atoms with Crippen molar-refractivity contribution in [1.82, 2.24) is 9.78 Å². The second kappa shape index (κ2) is 7.00. The number of para-hydroxylation sites is 1. The SMILES string of the molecule is Cc1nn(-c2ccccc2)c(C)c1N=Cc1c(O)ccc2cc(Br)ccc12. The normalized spacial score (nSPS) is 11.5. The van der Waals surface area contributed by atoms with E-state index in [1.165, 1.54) is 0 Å². The molecule has 1 aromatic heterocycles. The summed E-state index contributed by atoms with van der Waals surface area (Å²) in [6, 6.07) is 19.5. The lowest BCUT2D eigenvalue weighted by Crippen LogP contribution is -1.98. The lowest BCUT2D eigenvalue weighted by atomic mass is 10.0. The largest absolute Gasteiger partial charge is 0.507 e. The number of phenolic OH excluding ortho intramolecular Hbond substituents is 1. The van der Waals surface area contributed by atoms with Crippen LogP contribution in [0.2, 0.25) is 0 Å². The topological polar surface area (TPSA) is 50.4 Å². The van der Waals surface area contributed by atoms with E-state index in [2.05, 4.69) is 26.0 Å². The predicted molar refractivity (Wildman–Crippen MR) is 114 cm³/mol. The summed E-state index contributed by atoms with van der Waals surface area (Å²) < 4.78 is 2.89. The van der Waals surface area contributed by atoms with Crippen LogP contribution in [0.15, 0.2) is 70.1 Å². The molecule has 27 heavy (non-hydrogen) atoms. The monoisotopic (exact) mass is 419 g/mol. The molecule has 3 aromatic carbocycles. The molecule has 5 heteroatoms. The van der Waals surface area contributed by atoms with E-state index in [4.69, 9.17) is 0 Å². The van der Waals surface area contributed by atoms with Crippen molar-refractivity contribution in [2.75, 3.05) is 0 Å². The van der Waals surface area contributed by atoms with Gasteiger partial charge < -0.3 is 5.11 Å². The number of benzene rings is 3. The number of aryl methyl sites for hydroxylation is 1. The van der Waals surface area contributed by atoms with Crippen molar-refractivity contribution in [1.29, 1.82) is 0 Å². The predicted octanol–water partition coefficient (Wildman–Crippen LogP) is 5.86. The second-order valence-corrected chi connectivity index (χ2v) is 7.30. The molecule has 0 unspecified atom stereocenters. The lowest BCUT2D eigenvalue weighted by Gasteiger charge is -2.06. The van der Waals surface area contributed by atoms with Crippen molar-refractivity contribution in [3.8, 4) is 11.4 Å². The molecule has 1 N–H and O–H groups in total. The van der Waals surface area contributed by atoms with Gasteiger partial charge in [-0.15, -0.1) is 0 Å². The number of nitrogens with zero attached hydrogens (tertiary/aromatic N) is 3. The standard InChI is InChI=1S/C22H18BrN3O/c1-14-22(15(2)26(25-14)18-6-4-3-5-7-18)24-13-20-19-10-9-17(23)12-16(19)8-11-21(20)27/h3-13,27H,1-2H3. The van der Waals surface area contributed by atoms with Crippen molar-refractivity contribution in [2.45, 2.75) is 13.8 Å².